The lowest BCUT2D eigenvalue weighted by Gasteiger charge is -2.43. The minimum atomic E-state index is -1.61. The van der Waals surface area contributed by atoms with Crippen molar-refractivity contribution in [3.63, 3.8) is 0 Å². The highest BCUT2D eigenvalue weighted by atomic mass is 28.3. The summed E-state index contributed by atoms with van der Waals surface area (Å²) in [5.74, 6) is -5.21. The molecule has 9 unspecified atom stereocenters. The summed E-state index contributed by atoms with van der Waals surface area (Å²) in [6.07, 6.45) is 0.0270. The van der Waals surface area contributed by atoms with Crippen molar-refractivity contribution in [2.24, 2.45) is 40.9 Å². The van der Waals surface area contributed by atoms with Gasteiger partial charge in [-0.2, -0.15) is 0 Å². The number of hydrogen-bond donors (Lipinski definition) is 2. The summed E-state index contributed by atoms with van der Waals surface area (Å²) in [5, 5.41) is 20.3. The van der Waals surface area contributed by atoms with E-state index in [1.54, 1.807) is 13.8 Å². The first-order valence-corrected chi connectivity index (χ1v) is 18.9. The first-order chi connectivity index (χ1) is 19.4. The third-order valence-corrected chi connectivity index (χ3v) is 11.3. The van der Waals surface area contributed by atoms with Gasteiger partial charge in [-0.05, 0) is 50.9 Å². The first kappa shape index (κ1) is 34.6. The highest BCUT2D eigenvalue weighted by Gasteiger charge is 2.53. The van der Waals surface area contributed by atoms with Gasteiger partial charge in [0.25, 0.3) is 0 Å². The van der Waals surface area contributed by atoms with Crippen molar-refractivity contribution in [2.45, 2.75) is 117 Å². The third kappa shape index (κ3) is 7.99. The molecule has 3 aliphatic heterocycles. The summed E-state index contributed by atoms with van der Waals surface area (Å²) >= 11 is 0. The van der Waals surface area contributed by atoms with Crippen LogP contribution in [0.5, 0.6) is 0 Å². The zero-order valence-corrected chi connectivity index (χ0v) is 27.3. The topological polar surface area (TPSA) is 155 Å². The average molecular weight is 615 g/mol. The summed E-state index contributed by atoms with van der Waals surface area (Å²) in [7, 11) is -1.61. The van der Waals surface area contributed by atoms with Crippen LogP contribution in [0.1, 0.15) is 73.1 Å². The molecule has 0 saturated carbocycles. The minimum Gasteiger partial charge on any atom is -0.466 e. The van der Waals surface area contributed by atoms with Gasteiger partial charge in [0.1, 0.15) is 17.8 Å². The van der Waals surface area contributed by atoms with E-state index in [0.717, 1.165) is 6.04 Å². The zero-order valence-electron chi connectivity index (χ0n) is 26.3. The fourth-order valence-electron chi connectivity index (χ4n) is 7.63. The molecule has 0 aromatic carbocycles. The van der Waals surface area contributed by atoms with E-state index in [4.69, 9.17) is 24.0 Å². The highest BCUT2D eigenvalue weighted by molar-refractivity contribution is 6.76. The van der Waals surface area contributed by atoms with Crippen LogP contribution < -0.4 is 0 Å². The van der Waals surface area contributed by atoms with Crippen molar-refractivity contribution < 1.29 is 53.7 Å². The molecule has 2 N–H and O–H groups in total. The van der Waals surface area contributed by atoms with Crippen molar-refractivity contribution in [1.82, 2.24) is 0 Å². The van der Waals surface area contributed by atoms with Crippen molar-refractivity contribution >= 4 is 32.0 Å². The Kier molecular flexibility index (Phi) is 11.1. The molecular weight excluding hydrogens is 564 g/mol. The maximum absolute atomic E-state index is 13.2. The van der Waals surface area contributed by atoms with Crippen LogP contribution in [0, 0.1) is 40.9 Å². The smallest absolute Gasteiger partial charge is 0.317 e. The van der Waals surface area contributed by atoms with Gasteiger partial charge in [0.05, 0.1) is 30.8 Å². The van der Waals surface area contributed by atoms with E-state index < -0.39 is 84.8 Å². The van der Waals surface area contributed by atoms with Crippen LogP contribution in [0.4, 0.5) is 0 Å². The molecule has 0 bridgehead atoms. The number of cyclic esters (lactones) is 4. The second kappa shape index (κ2) is 13.4. The molecule has 0 aromatic heterocycles. The van der Waals surface area contributed by atoms with Crippen molar-refractivity contribution in [3.8, 4) is 0 Å². The van der Waals surface area contributed by atoms with Gasteiger partial charge in [-0.15, -0.1) is 0 Å². The summed E-state index contributed by atoms with van der Waals surface area (Å²) in [6.45, 7) is 16.1. The Bertz CT molecular complexity index is 1010. The lowest BCUT2D eigenvalue weighted by Crippen LogP contribution is -2.47. The highest BCUT2D eigenvalue weighted by Crippen LogP contribution is 2.47. The molecule has 3 heterocycles. The molecule has 0 aromatic rings. The van der Waals surface area contributed by atoms with Crippen molar-refractivity contribution in [2.75, 3.05) is 6.61 Å². The first-order valence-electron chi connectivity index (χ1n) is 15.2. The van der Waals surface area contributed by atoms with Crippen LogP contribution in [0.2, 0.25) is 25.7 Å². The summed E-state index contributed by atoms with van der Waals surface area (Å²) < 4.78 is 15.8. The molecule has 3 saturated heterocycles. The normalized spacial score (nSPS) is 31.6. The van der Waals surface area contributed by atoms with E-state index in [1.807, 2.05) is 20.8 Å². The van der Waals surface area contributed by atoms with Crippen LogP contribution in [0.25, 0.3) is 0 Å². The SMILES string of the molecule is CCC(C[Si](C)(C)C)C1C(=O)OC(=O)C1CC(CC(C)C(OO)C1CC(C)(C)OC1=O)C(OO)C1(C)CCOC(=O)C1. The monoisotopic (exact) mass is 614 g/mol. The Morgan fingerprint density at radius 2 is 1.69 bits per heavy atom. The summed E-state index contributed by atoms with van der Waals surface area (Å²) in [6, 6.07) is 0.845. The molecule has 9 atom stereocenters. The second-order valence-electron chi connectivity index (χ2n) is 14.9. The minimum absolute atomic E-state index is 0.00312. The standard InChI is InChI=1S/C30H50O11Si/c1-9-18(16-42(6,7)8)23-20(26(32)38-28(23)34)13-19(25(41-36)30(5)10-11-37-22(31)15-30)12-17(2)24(40-35)21-14-29(3,4)39-27(21)33/h17-21,23-25,35-36H,9-16H2,1-8H3. The van der Waals surface area contributed by atoms with Crippen LogP contribution in [-0.2, 0) is 43.2 Å². The van der Waals surface area contributed by atoms with Gasteiger partial charge in [0.15, 0.2) is 0 Å². The molecular formula is C30H50O11Si. The predicted molar refractivity (Wildman–Crippen MR) is 153 cm³/mol. The van der Waals surface area contributed by atoms with E-state index in [-0.39, 0.29) is 31.8 Å². The van der Waals surface area contributed by atoms with E-state index in [1.165, 1.54) is 0 Å². The summed E-state index contributed by atoms with van der Waals surface area (Å²) in [4.78, 5) is 61.4. The lowest BCUT2D eigenvalue weighted by molar-refractivity contribution is -0.325. The van der Waals surface area contributed by atoms with Crippen LogP contribution >= 0.6 is 0 Å². The van der Waals surface area contributed by atoms with Crippen LogP contribution in [0.3, 0.4) is 0 Å². The van der Waals surface area contributed by atoms with Crippen LogP contribution in [0.15, 0.2) is 0 Å². The lowest BCUT2D eigenvalue weighted by atomic mass is 9.66. The molecule has 42 heavy (non-hydrogen) atoms. The average Bonchev–Trinajstić information content (AvgIpc) is 3.29. The van der Waals surface area contributed by atoms with Gasteiger partial charge in [0.2, 0.25) is 0 Å². The Hall–Kier alpha value is -1.86. The maximum Gasteiger partial charge on any atom is 0.317 e. The molecule has 0 amide bonds. The molecule has 12 heteroatoms. The summed E-state index contributed by atoms with van der Waals surface area (Å²) in [5.41, 5.74) is -1.54. The largest absolute Gasteiger partial charge is 0.466 e. The molecule has 0 aliphatic carbocycles. The number of esters is 4. The van der Waals surface area contributed by atoms with E-state index in [0.29, 0.717) is 19.3 Å². The Morgan fingerprint density at radius 3 is 2.19 bits per heavy atom. The number of carbonyl (C=O) groups excluding carboxylic acids is 4. The van der Waals surface area contributed by atoms with E-state index in [2.05, 4.69) is 19.6 Å². The number of rotatable bonds is 14. The number of ether oxygens (including phenoxy) is 3. The number of carbonyl (C=O) groups is 4. The van der Waals surface area contributed by atoms with Gasteiger partial charge in [0, 0.05) is 19.9 Å². The molecule has 3 aliphatic rings. The Labute approximate surface area is 249 Å². The molecule has 0 radical (unpaired) electrons. The zero-order chi connectivity index (χ0) is 31.6. The van der Waals surface area contributed by atoms with E-state index >= 15 is 0 Å². The predicted octanol–water partition coefficient (Wildman–Crippen LogP) is 5.10. The van der Waals surface area contributed by atoms with Gasteiger partial charge in [-0.1, -0.05) is 52.9 Å². The molecule has 3 rings (SSSR count). The van der Waals surface area contributed by atoms with Gasteiger partial charge >= 0.3 is 23.9 Å². The second-order valence-corrected chi connectivity index (χ2v) is 20.4. The fraction of sp³-hybridized carbons (Fsp3) is 0.867. The molecule has 0 spiro atoms. The van der Waals surface area contributed by atoms with Crippen molar-refractivity contribution in [3.05, 3.63) is 0 Å². The fourth-order valence-corrected chi connectivity index (χ4v) is 9.75. The Balaban J connectivity index is 1.97. The molecule has 3 fully saturated rings. The molecule has 240 valence electrons. The van der Waals surface area contributed by atoms with E-state index in [9.17, 15) is 29.7 Å². The molecule has 11 nitrogen and oxygen atoms in total. The van der Waals surface area contributed by atoms with Gasteiger partial charge in [-0.25, -0.2) is 9.78 Å². The third-order valence-electron chi connectivity index (χ3n) is 9.53. The number of hydrogen-bond acceptors (Lipinski definition) is 11. The Morgan fingerprint density at radius 1 is 1.02 bits per heavy atom. The quantitative estimate of drug-likeness (QED) is 0.0670. The maximum atomic E-state index is 13.2. The van der Waals surface area contributed by atoms with Gasteiger partial charge < -0.3 is 14.2 Å². The van der Waals surface area contributed by atoms with Gasteiger partial charge in [-0.3, -0.25) is 29.7 Å². The van der Waals surface area contributed by atoms with Crippen molar-refractivity contribution in [1.29, 1.82) is 0 Å². The van der Waals surface area contributed by atoms with Crippen LogP contribution in [-0.4, -0.2) is 66.9 Å².